The van der Waals surface area contributed by atoms with Gasteiger partial charge in [-0.05, 0) is 12.1 Å². The van der Waals surface area contributed by atoms with Gasteiger partial charge in [0.2, 0.25) is 0 Å². The minimum absolute atomic E-state index is 0.136. The number of hydrogen-bond donors (Lipinski definition) is 0. The molecule has 0 spiro atoms. The summed E-state index contributed by atoms with van der Waals surface area (Å²) < 4.78 is 39.9. The van der Waals surface area contributed by atoms with E-state index in [0.717, 1.165) is 6.07 Å². The number of anilines is 1. The van der Waals surface area contributed by atoms with Crippen LogP contribution in [0.1, 0.15) is 10.4 Å². The van der Waals surface area contributed by atoms with E-state index in [2.05, 4.69) is 4.74 Å². The van der Waals surface area contributed by atoms with Crippen molar-refractivity contribution in [2.75, 3.05) is 19.0 Å². The van der Waals surface area contributed by atoms with Gasteiger partial charge in [0.15, 0.2) is 6.29 Å². The summed E-state index contributed by atoms with van der Waals surface area (Å²) >= 11 is 0. The van der Waals surface area contributed by atoms with Crippen LogP contribution in [0.3, 0.4) is 0 Å². The Balaban J connectivity index is 3.12. The molecule has 0 fully saturated rings. The van der Waals surface area contributed by atoms with E-state index in [1.165, 1.54) is 12.1 Å². The average molecular weight is 233 g/mol. The Bertz CT molecular complexity index is 388. The number of hydrogen-bond acceptors (Lipinski definition) is 3. The van der Waals surface area contributed by atoms with Crippen LogP contribution < -0.4 is 9.64 Å². The standard InChI is InChI=1S/C10H10F3NO2/c1-14(2)8-4-3-7(6-15)9(5-8)16-10(11,12)13/h3-6H,1-2H3. The van der Waals surface area contributed by atoms with Crippen molar-refractivity contribution in [2.45, 2.75) is 6.36 Å². The van der Waals surface area contributed by atoms with E-state index in [0.29, 0.717) is 12.0 Å². The van der Waals surface area contributed by atoms with Crippen LogP contribution in [0.4, 0.5) is 18.9 Å². The minimum atomic E-state index is -4.80. The van der Waals surface area contributed by atoms with E-state index < -0.39 is 12.1 Å². The highest BCUT2D eigenvalue weighted by Crippen LogP contribution is 2.29. The molecule has 0 aliphatic rings. The summed E-state index contributed by atoms with van der Waals surface area (Å²) in [5.41, 5.74) is 0.382. The van der Waals surface area contributed by atoms with Crippen molar-refractivity contribution in [3.05, 3.63) is 23.8 Å². The molecule has 0 aliphatic carbocycles. The minimum Gasteiger partial charge on any atom is -0.405 e. The van der Waals surface area contributed by atoms with E-state index in [1.807, 2.05) is 0 Å². The lowest BCUT2D eigenvalue weighted by atomic mass is 10.2. The maximum Gasteiger partial charge on any atom is 0.573 e. The Morgan fingerprint density at radius 3 is 2.38 bits per heavy atom. The van der Waals surface area contributed by atoms with Crippen LogP contribution in [-0.2, 0) is 0 Å². The number of alkyl halides is 3. The van der Waals surface area contributed by atoms with Crippen molar-refractivity contribution in [2.24, 2.45) is 0 Å². The fourth-order valence-corrected chi connectivity index (χ4v) is 1.11. The van der Waals surface area contributed by atoms with Crippen LogP contribution in [0, 0.1) is 0 Å². The van der Waals surface area contributed by atoms with Crippen molar-refractivity contribution >= 4 is 12.0 Å². The first-order chi connectivity index (χ1) is 7.33. The van der Waals surface area contributed by atoms with Gasteiger partial charge in [-0.3, -0.25) is 4.79 Å². The van der Waals surface area contributed by atoms with Gasteiger partial charge in [-0.1, -0.05) is 0 Å². The highest BCUT2D eigenvalue weighted by atomic mass is 19.4. The number of benzene rings is 1. The van der Waals surface area contributed by atoms with Gasteiger partial charge in [0.25, 0.3) is 0 Å². The molecule has 0 saturated heterocycles. The Morgan fingerprint density at radius 2 is 1.94 bits per heavy atom. The predicted molar refractivity (Wildman–Crippen MR) is 52.8 cm³/mol. The van der Waals surface area contributed by atoms with Gasteiger partial charge in [-0.15, -0.1) is 13.2 Å². The fraction of sp³-hybridized carbons (Fsp3) is 0.300. The van der Waals surface area contributed by atoms with Crippen molar-refractivity contribution < 1.29 is 22.7 Å². The molecule has 0 bridgehead atoms. The molecule has 3 nitrogen and oxygen atoms in total. The normalized spacial score (nSPS) is 11.1. The van der Waals surface area contributed by atoms with Crippen LogP contribution in [-0.4, -0.2) is 26.7 Å². The van der Waals surface area contributed by atoms with E-state index >= 15 is 0 Å². The highest BCUT2D eigenvalue weighted by Gasteiger charge is 2.32. The van der Waals surface area contributed by atoms with Gasteiger partial charge in [0.1, 0.15) is 5.75 Å². The number of aldehydes is 1. The SMILES string of the molecule is CN(C)c1ccc(C=O)c(OC(F)(F)F)c1. The largest absolute Gasteiger partial charge is 0.573 e. The molecule has 0 saturated carbocycles. The van der Waals surface area contributed by atoms with Crippen LogP contribution in [0.25, 0.3) is 0 Å². The zero-order valence-electron chi connectivity index (χ0n) is 8.71. The third-order valence-corrected chi connectivity index (χ3v) is 1.87. The molecule has 0 radical (unpaired) electrons. The molecule has 0 aliphatic heterocycles. The molecule has 0 aromatic heterocycles. The number of carbonyl (C=O) groups is 1. The van der Waals surface area contributed by atoms with Gasteiger partial charge in [-0.25, -0.2) is 0 Å². The second-order valence-electron chi connectivity index (χ2n) is 3.28. The van der Waals surface area contributed by atoms with Crippen LogP contribution in [0.2, 0.25) is 0 Å². The molecule has 1 rings (SSSR count). The summed E-state index contributed by atoms with van der Waals surface area (Å²) in [5.74, 6) is -0.492. The summed E-state index contributed by atoms with van der Waals surface area (Å²) in [6.07, 6.45) is -4.48. The molecule has 0 heterocycles. The van der Waals surface area contributed by atoms with E-state index in [4.69, 9.17) is 0 Å². The smallest absolute Gasteiger partial charge is 0.405 e. The molecular weight excluding hydrogens is 223 g/mol. The lowest BCUT2D eigenvalue weighted by molar-refractivity contribution is -0.274. The summed E-state index contributed by atoms with van der Waals surface area (Å²) in [6.45, 7) is 0. The van der Waals surface area contributed by atoms with Crippen molar-refractivity contribution in [1.29, 1.82) is 0 Å². The Kier molecular flexibility index (Phi) is 3.41. The Hall–Kier alpha value is -1.72. The molecule has 0 atom stereocenters. The zero-order chi connectivity index (χ0) is 12.3. The molecule has 0 N–H and O–H groups in total. The van der Waals surface area contributed by atoms with Crippen LogP contribution in [0.15, 0.2) is 18.2 Å². The van der Waals surface area contributed by atoms with Gasteiger partial charge >= 0.3 is 6.36 Å². The maximum atomic E-state index is 12.0. The lowest BCUT2D eigenvalue weighted by Crippen LogP contribution is -2.18. The van der Waals surface area contributed by atoms with Crippen molar-refractivity contribution in [1.82, 2.24) is 0 Å². The number of halogens is 3. The molecule has 1 aromatic rings. The summed E-state index contributed by atoms with van der Waals surface area (Å²) in [5, 5.41) is 0. The lowest BCUT2D eigenvalue weighted by Gasteiger charge is -2.16. The molecule has 6 heteroatoms. The third-order valence-electron chi connectivity index (χ3n) is 1.87. The fourth-order valence-electron chi connectivity index (χ4n) is 1.11. The number of carbonyl (C=O) groups excluding carboxylic acids is 1. The molecule has 88 valence electrons. The predicted octanol–water partition coefficient (Wildman–Crippen LogP) is 2.46. The van der Waals surface area contributed by atoms with E-state index in [1.54, 1.807) is 19.0 Å². The number of nitrogens with zero attached hydrogens (tertiary/aromatic N) is 1. The van der Waals surface area contributed by atoms with Crippen molar-refractivity contribution in [3.8, 4) is 5.75 Å². The second-order valence-corrected chi connectivity index (χ2v) is 3.28. The summed E-state index contributed by atoms with van der Waals surface area (Å²) in [6, 6.07) is 3.98. The van der Waals surface area contributed by atoms with Gasteiger partial charge in [0.05, 0.1) is 5.56 Å². The maximum absolute atomic E-state index is 12.0. The quantitative estimate of drug-likeness (QED) is 0.751. The van der Waals surface area contributed by atoms with Gasteiger partial charge < -0.3 is 9.64 Å². The van der Waals surface area contributed by atoms with Gasteiger partial charge in [-0.2, -0.15) is 0 Å². The Morgan fingerprint density at radius 1 is 1.31 bits per heavy atom. The van der Waals surface area contributed by atoms with E-state index in [-0.39, 0.29) is 5.56 Å². The molecular formula is C10H10F3NO2. The number of rotatable bonds is 3. The zero-order valence-corrected chi connectivity index (χ0v) is 8.71. The molecule has 0 unspecified atom stereocenters. The second kappa shape index (κ2) is 4.42. The van der Waals surface area contributed by atoms with Gasteiger partial charge in [0, 0.05) is 25.8 Å². The van der Waals surface area contributed by atoms with Crippen LogP contribution in [0.5, 0.6) is 5.75 Å². The first kappa shape index (κ1) is 12.4. The average Bonchev–Trinajstić information content (AvgIpc) is 2.15. The van der Waals surface area contributed by atoms with E-state index in [9.17, 15) is 18.0 Å². The summed E-state index contributed by atoms with van der Waals surface area (Å²) in [7, 11) is 3.35. The van der Waals surface area contributed by atoms with Crippen molar-refractivity contribution in [3.63, 3.8) is 0 Å². The monoisotopic (exact) mass is 233 g/mol. The summed E-state index contributed by atoms with van der Waals surface area (Å²) in [4.78, 5) is 12.1. The molecule has 1 aromatic carbocycles. The molecule has 0 amide bonds. The van der Waals surface area contributed by atoms with Crippen LogP contribution >= 0.6 is 0 Å². The first-order valence-electron chi connectivity index (χ1n) is 4.36. The third kappa shape index (κ3) is 3.15. The molecule has 16 heavy (non-hydrogen) atoms. The highest BCUT2D eigenvalue weighted by molar-refractivity contribution is 5.80. The topological polar surface area (TPSA) is 29.5 Å². The first-order valence-corrected chi connectivity index (χ1v) is 4.36. The number of ether oxygens (including phenoxy) is 1. The Labute approximate surface area is 90.4 Å².